The van der Waals surface area contributed by atoms with Crippen LogP contribution in [0.25, 0.3) is 0 Å². The highest BCUT2D eigenvalue weighted by atomic mass is 16.8. The molecule has 3 aliphatic heterocycles. The molecule has 3 heterocycles. The molecule has 3 aliphatic rings. The zero-order valence-corrected chi connectivity index (χ0v) is 31.6. The standard InChI is InChI=1S/C41H54N2O10/c1-27(44)42-25-17-16-22-32(42)36-35(52-41(4,5)53-36)24-15-7-6-14-23-33-37(50-39(47)30-18-10-8-11-19-30)38(51-40(48)31-20-12-9-13-21-31)34(26-49-29(3)46)43(33)28(2)45/h8-13,18-21,32-38H,6-7,14-17,22-26H2,1-5H3/t32-,33-,34-,35+,36+,37-,38-/m1/s1. The fraction of sp³-hybridized carbons (Fsp3) is 0.585. The second-order valence-electron chi connectivity index (χ2n) is 14.7. The van der Waals surface area contributed by atoms with Gasteiger partial charge in [-0.15, -0.1) is 0 Å². The van der Waals surface area contributed by atoms with Crippen molar-refractivity contribution >= 4 is 29.7 Å². The van der Waals surface area contributed by atoms with E-state index in [1.165, 1.54) is 13.8 Å². The molecule has 12 nitrogen and oxygen atoms in total. The van der Waals surface area contributed by atoms with Gasteiger partial charge in [0.1, 0.15) is 18.8 Å². The quantitative estimate of drug-likeness (QED) is 0.132. The van der Waals surface area contributed by atoms with Crippen molar-refractivity contribution in [1.82, 2.24) is 9.80 Å². The summed E-state index contributed by atoms with van der Waals surface area (Å²) in [6, 6.07) is 15.4. The highest BCUT2D eigenvalue weighted by molar-refractivity contribution is 5.90. The molecule has 0 radical (unpaired) electrons. The molecule has 2 amide bonds. The highest BCUT2D eigenvalue weighted by Gasteiger charge is 2.55. The SMILES string of the molecule is CC(=O)OC[C@@H]1[C@@H](OC(=O)c2ccccc2)[C@H](OC(=O)c2ccccc2)[C@@H](CCCCCC[C@@H]2OC(C)(C)O[C@H]2[C@H]2CCCCN2C(C)=O)N1C(C)=O. The largest absolute Gasteiger partial charge is 0.464 e. The van der Waals surface area contributed by atoms with Gasteiger partial charge in [-0.2, -0.15) is 0 Å². The maximum Gasteiger partial charge on any atom is 0.338 e. The third kappa shape index (κ3) is 10.2. The molecule has 0 spiro atoms. The van der Waals surface area contributed by atoms with Gasteiger partial charge in [0.25, 0.3) is 0 Å². The molecule has 53 heavy (non-hydrogen) atoms. The average molecular weight is 735 g/mol. The normalized spacial score (nSPS) is 26.5. The lowest BCUT2D eigenvalue weighted by molar-refractivity contribution is -0.158. The Morgan fingerprint density at radius 1 is 0.717 bits per heavy atom. The lowest BCUT2D eigenvalue weighted by Gasteiger charge is -2.39. The average Bonchev–Trinajstić information content (AvgIpc) is 3.60. The van der Waals surface area contributed by atoms with Gasteiger partial charge < -0.3 is 33.5 Å². The maximum absolute atomic E-state index is 13.5. The summed E-state index contributed by atoms with van der Waals surface area (Å²) in [4.78, 5) is 68.1. The second kappa shape index (κ2) is 18.2. The van der Waals surface area contributed by atoms with Gasteiger partial charge in [-0.05, 0) is 70.2 Å². The van der Waals surface area contributed by atoms with Crippen LogP contribution < -0.4 is 0 Å². The third-order valence-corrected chi connectivity index (χ3v) is 10.4. The van der Waals surface area contributed by atoms with E-state index in [0.717, 1.165) is 51.5 Å². The van der Waals surface area contributed by atoms with E-state index in [2.05, 4.69) is 0 Å². The van der Waals surface area contributed by atoms with Crippen molar-refractivity contribution in [3.8, 4) is 0 Å². The smallest absolute Gasteiger partial charge is 0.338 e. The molecule has 2 aromatic rings. The molecule has 2 aromatic carbocycles. The van der Waals surface area contributed by atoms with E-state index in [0.29, 0.717) is 24.0 Å². The van der Waals surface area contributed by atoms with Crippen LogP contribution in [0, 0.1) is 0 Å². The van der Waals surface area contributed by atoms with Crippen molar-refractivity contribution in [3.05, 3.63) is 71.8 Å². The van der Waals surface area contributed by atoms with Gasteiger partial charge >= 0.3 is 17.9 Å². The Hall–Kier alpha value is -4.29. The number of likely N-dealkylation sites (tertiary alicyclic amines) is 2. The number of benzene rings is 2. The Morgan fingerprint density at radius 3 is 1.83 bits per heavy atom. The molecule has 3 saturated heterocycles. The molecule has 0 N–H and O–H groups in total. The highest BCUT2D eigenvalue weighted by Crippen LogP contribution is 2.38. The van der Waals surface area contributed by atoms with Crippen LogP contribution in [0.15, 0.2) is 60.7 Å². The molecule has 5 rings (SSSR count). The summed E-state index contributed by atoms with van der Waals surface area (Å²) in [6.45, 7) is 8.64. The minimum Gasteiger partial charge on any atom is -0.464 e. The number of carbonyl (C=O) groups is 5. The zero-order chi connectivity index (χ0) is 38.1. The summed E-state index contributed by atoms with van der Waals surface area (Å²) in [5, 5.41) is 0. The van der Waals surface area contributed by atoms with Crippen LogP contribution in [0.3, 0.4) is 0 Å². The van der Waals surface area contributed by atoms with Crippen LogP contribution in [0.5, 0.6) is 0 Å². The number of carbonyl (C=O) groups excluding carboxylic acids is 5. The Morgan fingerprint density at radius 2 is 1.28 bits per heavy atom. The minimum atomic E-state index is -1.10. The Balaban J connectivity index is 1.29. The predicted octanol–water partition coefficient (Wildman–Crippen LogP) is 5.86. The number of hydrogen-bond acceptors (Lipinski definition) is 10. The summed E-state index contributed by atoms with van der Waals surface area (Å²) >= 11 is 0. The van der Waals surface area contributed by atoms with Crippen LogP contribution in [-0.4, -0.2) is 101 Å². The molecule has 3 fully saturated rings. The van der Waals surface area contributed by atoms with E-state index in [1.807, 2.05) is 18.7 Å². The number of unbranched alkanes of at least 4 members (excludes halogenated alkanes) is 3. The summed E-state index contributed by atoms with van der Waals surface area (Å²) in [5.74, 6) is -2.80. The number of nitrogens with zero attached hydrogens (tertiary/aromatic N) is 2. The molecule has 0 aromatic heterocycles. The fourth-order valence-corrected chi connectivity index (χ4v) is 8.13. The number of rotatable bonds is 14. The summed E-state index contributed by atoms with van der Waals surface area (Å²) < 4.78 is 30.3. The Bertz CT molecular complexity index is 1570. The van der Waals surface area contributed by atoms with Crippen molar-refractivity contribution < 1.29 is 47.7 Å². The molecule has 0 unspecified atom stereocenters. The first-order valence-corrected chi connectivity index (χ1v) is 18.9. The molecule has 12 heteroatoms. The fourth-order valence-electron chi connectivity index (χ4n) is 8.13. The van der Waals surface area contributed by atoms with E-state index in [-0.39, 0.29) is 36.7 Å². The maximum atomic E-state index is 13.5. The van der Waals surface area contributed by atoms with E-state index < -0.39 is 48.0 Å². The van der Waals surface area contributed by atoms with Crippen molar-refractivity contribution in [3.63, 3.8) is 0 Å². The molecule has 0 saturated carbocycles. The van der Waals surface area contributed by atoms with E-state index >= 15 is 0 Å². The molecule has 288 valence electrons. The molecule has 0 aliphatic carbocycles. The molecule has 0 bridgehead atoms. The number of amides is 2. The van der Waals surface area contributed by atoms with Crippen molar-refractivity contribution in [2.45, 2.75) is 141 Å². The van der Waals surface area contributed by atoms with Crippen molar-refractivity contribution in [1.29, 1.82) is 0 Å². The third-order valence-electron chi connectivity index (χ3n) is 10.4. The predicted molar refractivity (Wildman–Crippen MR) is 195 cm³/mol. The number of esters is 3. The van der Waals surface area contributed by atoms with E-state index in [9.17, 15) is 24.0 Å². The summed E-state index contributed by atoms with van der Waals surface area (Å²) in [7, 11) is 0. The molecular weight excluding hydrogens is 680 g/mol. The van der Waals surface area contributed by atoms with Gasteiger partial charge in [-0.25, -0.2) is 9.59 Å². The first kappa shape index (κ1) is 39.9. The van der Waals surface area contributed by atoms with Gasteiger partial charge in [-0.1, -0.05) is 62.1 Å². The Kier molecular flexibility index (Phi) is 13.7. The minimum absolute atomic E-state index is 0.00708. The van der Waals surface area contributed by atoms with Gasteiger partial charge in [0.2, 0.25) is 11.8 Å². The number of piperidine rings is 1. The van der Waals surface area contributed by atoms with Crippen LogP contribution in [-0.2, 0) is 38.1 Å². The van der Waals surface area contributed by atoms with Crippen LogP contribution in [0.1, 0.15) is 113 Å². The van der Waals surface area contributed by atoms with Gasteiger partial charge in [-0.3, -0.25) is 14.4 Å². The number of hydrogen-bond donors (Lipinski definition) is 0. The van der Waals surface area contributed by atoms with E-state index in [1.54, 1.807) is 72.5 Å². The van der Waals surface area contributed by atoms with Gasteiger partial charge in [0, 0.05) is 27.3 Å². The van der Waals surface area contributed by atoms with Crippen LogP contribution in [0.4, 0.5) is 0 Å². The zero-order valence-electron chi connectivity index (χ0n) is 31.6. The number of ether oxygens (including phenoxy) is 5. The van der Waals surface area contributed by atoms with Crippen molar-refractivity contribution in [2.24, 2.45) is 0 Å². The molecular formula is C41H54N2O10. The first-order valence-electron chi connectivity index (χ1n) is 18.9. The van der Waals surface area contributed by atoms with Gasteiger partial charge in [0.15, 0.2) is 18.0 Å². The molecule has 7 atom stereocenters. The van der Waals surface area contributed by atoms with Gasteiger partial charge in [0.05, 0.1) is 29.3 Å². The summed E-state index contributed by atoms with van der Waals surface area (Å²) in [5.41, 5.74) is 0.612. The lowest BCUT2D eigenvalue weighted by Crippen LogP contribution is -2.52. The topological polar surface area (TPSA) is 138 Å². The monoisotopic (exact) mass is 734 g/mol. The second-order valence-corrected chi connectivity index (χ2v) is 14.7. The van der Waals surface area contributed by atoms with Crippen LogP contribution in [0.2, 0.25) is 0 Å². The Labute approximate surface area is 312 Å². The first-order chi connectivity index (χ1) is 25.4. The van der Waals surface area contributed by atoms with Crippen LogP contribution >= 0.6 is 0 Å². The summed E-state index contributed by atoms with van der Waals surface area (Å²) in [6.07, 6.45) is 4.96. The van der Waals surface area contributed by atoms with E-state index in [4.69, 9.17) is 23.7 Å². The van der Waals surface area contributed by atoms with Crippen molar-refractivity contribution in [2.75, 3.05) is 13.2 Å². The lowest BCUT2D eigenvalue weighted by atomic mass is 9.92.